The van der Waals surface area contributed by atoms with Gasteiger partial charge in [0.15, 0.2) is 5.82 Å². The van der Waals surface area contributed by atoms with Crippen LogP contribution >= 0.6 is 0 Å². The average Bonchev–Trinajstić information content (AvgIpc) is 2.58. The number of aromatic amines is 1. The van der Waals surface area contributed by atoms with Crippen molar-refractivity contribution in [3.63, 3.8) is 0 Å². The number of carbonyl (C=O) groups is 2. The van der Waals surface area contributed by atoms with E-state index in [0.717, 1.165) is 0 Å². The van der Waals surface area contributed by atoms with Crippen LogP contribution in [0.15, 0.2) is 29.1 Å². The minimum atomic E-state index is -0.947. The minimum absolute atomic E-state index is 0.0175. The van der Waals surface area contributed by atoms with E-state index in [1.165, 1.54) is 7.11 Å². The Kier molecular flexibility index (Phi) is 5.78. The molecule has 2 rings (SSSR count). The zero-order valence-corrected chi connectivity index (χ0v) is 14.3. The van der Waals surface area contributed by atoms with Crippen molar-refractivity contribution in [2.45, 2.75) is 19.4 Å². The van der Waals surface area contributed by atoms with Gasteiger partial charge in [0.2, 0.25) is 11.9 Å². The third kappa shape index (κ3) is 4.29. The molecule has 0 unspecified atom stereocenters. The highest BCUT2D eigenvalue weighted by Gasteiger charge is 2.19. The van der Waals surface area contributed by atoms with Crippen molar-refractivity contribution in [3.8, 4) is 5.75 Å². The van der Waals surface area contributed by atoms with E-state index < -0.39 is 23.4 Å². The summed E-state index contributed by atoms with van der Waals surface area (Å²) < 4.78 is 5.13. The lowest BCUT2D eigenvalue weighted by Crippen LogP contribution is -2.36. The average molecular weight is 360 g/mol. The molecule has 0 spiro atoms. The van der Waals surface area contributed by atoms with Crippen molar-refractivity contribution >= 4 is 29.3 Å². The number of hydrogen-bond acceptors (Lipinski definition) is 7. The van der Waals surface area contributed by atoms with Crippen LogP contribution in [0.2, 0.25) is 0 Å². The standard InChI is InChI=1S/C16H20N6O4/c1-3-10(12(17)23)20-16-21-14(11(13(18)24)15(25)22-16)19-8-5-4-6-9(7-8)26-2/h4-7,10H,3H2,1-2H3,(H2,17,23)(H2,18,24)(H3,19,20,21,22,25)/t10-/m1/s1. The monoisotopic (exact) mass is 360 g/mol. The molecule has 0 saturated carbocycles. The van der Waals surface area contributed by atoms with Crippen LogP contribution in [0.1, 0.15) is 23.7 Å². The summed E-state index contributed by atoms with van der Waals surface area (Å²) in [7, 11) is 1.51. The molecule has 10 heteroatoms. The van der Waals surface area contributed by atoms with Crippen molar-refractivity contribution in [2.75, 3.05) is 17.7 Å². The third-order valence-corrected chi connectivity index (χ3v) is 3.56. The van der Waals surface area contributed by atoms with Crippen molar-refractivity contribution in [1.82, 2.24) is 9.97 Å². The van der Waals surface area contributed by atoms with Gasteiger partial charge < -0.3 is 26.8 Å². The first-order valence-corrected chi connectivity index (χ1v) is 7.76. The second kappa shape index (κ2) is 8.01. The molecule has 0 fully saturated rings. The van der Waals surface area contributed by atoms with Gasteiger partial charge in [-0.3, -0.25) is 19.4 Å². The first kappa shape index (κ1) is 18.8. The number of nitrogens with zero attached hydrogens (tertiary/aromatic N) is 1. The van der Waals surface area contributed by atoms with E-state index in [-0.39, 0.29) is 17.3 Å². The van der Waals surface area contributed by atoms with Gasteiger partial charge in [-0.05, 0) is 18.6 Å². The van der Waals surface area contributed by atoms with Crippen molar-refractivity contribution in [1.29, 1.82) is 0 Å². The molecule has 0 aliphatic rings. The number of aromatic nitrogens is 2. The van der Waals surface area contributed by atoms with Crippen LogP contribution in [0.4, 0.5) is 17.5 Å². The third-order valence-electron chi connectivity index (χ3n) is 3.56. The molecular weight excluding hydrogens is 340 g/mol. The number of rotatable bonds is 8. The molecule has 0 aliphatic carbocycles. The Morgan fingerprint density at radius 3 is 2.65 bits per heavy atom. The van der Waals surface area contributed by atoms with E-state index in [4.69, 9.17) is 16.2 Å². The SMILES string of the molecule is CC[C@@H](Nc1nc(Nc2cccc(OC)c2)c(C(N)=O)c(=O)[nH]1)C(N)=O. The summed E-state index contributed by atoms with van der Waals surface area (Å²) in [6.07, 6.45) is 0.384. The molecule has 26 heavy (non-hydrogen) atoms. The quantitative estimate of drug-likeness (QED) is 0.451. The lowest BCUT2D eigenvalue weighted by atomic mass is 10.2. The predicted octanol–water partition coefficient (Wildman–Crippen LogP) is 0.297. The number of primary amides is 2. The first-order valence-electron chi connectivity index (χ1n) is 7.76. The maximum atomic E-state index is 12.2. The number of H-pyrrole nitrogens is 1. The maximum absolute atomic E-state index is 12.2. The summed E-state index contributed by atoms with van der Waals surface area (Å²) in [4.78, 5) is 41.8. The topological polar surface area (TPSA) is 165 Å². The number of amides is 2. The predicted molar refractivity (Wildman–Crippen MR) is 96.5 cm³/mol. The fourth-order valence-corrected chi connectivity index (χ4v) is 2.24. The molecule has 2 aromatic rings. The molecule has 1 aromatic heterocycles. The number of methoxy groups -OCH3 is 1. The molecule has 1 heterocycles. The van der Waals surface area contributed by atoms with Gasteiger partial charge in [0.1, 0.15) is 17.4 Å². The Morgan fingerprint density at radius 2 is 2.08 bits per heavy atom. The second-order valence-corrected chi connectivity index (χ2v) is 5.37. The van der Waals surface area contributed by atoms with Crippen LogP contribution in [0.5, 0.6) is 5.75 Å². The van der Waals surface area contributed by atoms with E-state index in [1.807, 2.05) is 0 Å². The summed E-state index contributed by atoms with van der Waals surface area (Å²) >= 11 is 0. The van der Waals surface area contributed by atoms with Crippen molar-refractivity contribution < 1.29 is 14.3 Å². The number of anilines is 3. The Morgan fingerprint density at radius 1 is 1.35 bits per heavy atom. The van der Waals surface area contributed by atoms with Gasteiger partial charge >= 0.3 is 0 Å². The number of nitrogens with one attached hydrogen (secondary N) is 3. The van der Waals surface area contributed by atoms with E-state index in [0.29, 0.717) is 17.9 Å². The van der Waals surface area contributed by atoms with Gasteiger partial charge in [0.05, 0.1) is 7.11 Å². The van der Waals surface area contributed by atoms with Gasteiger partial charge in [-0.25, -0.2) is 0 Å². The number of nitrogens with two attached hydrogens (primary N) is 2. The molecule has 1 atom stereocenters. The van der Waals surface area contributed by atoms with Crippen LogP contribution in [0.25, 0.3) is 0 Å². The van der Waals surface area contributed by atoms with E-state index in [9.17, 15) is 14.4 Å². The first-order chi connectivity index (χ1) is 12.3. The maximum Gasteiger partial charge on any atom is 0.267 e. The molecule has 10 nitrogen and oxygen atoms in total. The van der Waals surface area contributed by atoms with Crippen molar-refractivity contribution in [2.24, 2.45) is 11.5 Å². The lowest BCUT2D eigenvalue weighted by Gasteiger charge is -2.16. The summed E-state index contributed by atoms with van der Waals surface area (Å²) in [6, 6.07) is 6.07. The van der Waals surface area contributed by atoms with Crippen LogP contribution in [0, 0.1) is 0 Å². The van der Waals surface area contributed by atoms with Crippen LogP contribution in [-0.2, 0) is 4.79 Å². The van der Waals surface area contributed by atoms with Crippen LogP contribution in [-0.4, -0.2) is 34.9 Å². The highest BCUT2D eigenvalue weighted by Crippen LogP contribution is 2.22. The Balaban J connectivity index is 2.45. The smallest absolute Gasteiger partial charge is 0.267 e. The summed E-state index contributed by atoms with van der Waals surface area (Å²) in [5.41, 5.74) is 10.0. The Hall–Kier alpha value is -3.56. The van der Waals surface area contributed by atoms with Gasteiger partial charge in [-0.1, -0.05) is 13.0 Å². The molecular formula is C16H20N6O4. The summed E-state index contributed by atoms with van der Waals surface area (Å²) in [5.74, 6) is -1.06. The molecule has 0 saturated heterocycles. The van der Waals surface area contributed by atoms with E-state index >= 15 is 0 Å². The zero-order valence-electron chi connectivity index (χ0n) is 14.3. The highest BCUT2D eigenvalue weighted by atomic mass is 16.5. The molecule has 138 valence electrons. The molecule has 2 amide bonds. The zero-order chi connectivity index (χ0) is 19.3. The van der Waals surface area contributed by atoms with Gasteiger partial charge in [0.25, 0.3) is 11.5 Å². The molecule has 1 aromatic carbocycles. The van der Waals surface area contributed by atoms with Gasteiger partial charge in [0, 0.05) is 11.8 Å². The highest BCUT2D eigenvalue weighted by molar-refractivity contribution is 5.98. The lowest BCUT2D eigenvalue weighted by molar-refractivity contribution is -0.118. The molecule has 7 N–H and O–H groups in total. The molecule has 0 aliphatic heterocycles. The number of ether oxygens (including phenoxy) is 1. The van der Waals surface area contributed by atoms with Gasteiger partial charge in [-0.15, -0.1) is 0 Å². The van der Waals surface area contributed by atoms with Crippen molar-refractivity contribution in [3.05, 3.63) is 40.2 Å². The summed E-state index contributed by atoms with van der Waals surface area (Å²) in [5, 5.41) is 5.59. The van der Waals surface area contributed by atoms with Crippen LogP contribution < -0.4 is 32.4 Å². The Labute approximate surface area is 148 Å². The largest absolute Gasteiger partial charge is 0.497 e. The van der Waals surface area contributed by atoms with E-state index in [1.54, 1.807) is 31.2 Å². The fourth-order valence-electron chi connectivity index (χ4n) is 2.24. The van der Waals surface area contributed by atoms with Crippen LogP contribution in [0.3, 0.4) is 0 Å². The normalized spacial score (nSPS) is 11.5. The fraction of sp³-hybridized carbons (Fsp3) is 0.250. The minimum Gasteiger partial charge on any atom is -0.497 e. The number of benzene rings is 1. The molecule has 0 radical (unpaired) electrons. The summed E-state index contributed by atoms with van der Waals surface area (Å²) in [6.45, 7) is 1.74. The van der Waals surface area contributed by atoms with Gasteiger partial charge in [-0.2, -0.15) is 4.98 Å². The Bertz CT molecular complexity index is 879. The number of carbonyl (C=O) groups excluding carboxylic acids is 2. The number of hydrogen-bond donors (Lipinski definition) is 5. The molecule has 0 bridgehead atoms. The second-order valence-electron chi connectivity index (χ2n) is 5.37. The van der Waals surface area contributed by atoms with E-state index in [2.05, 4.69) is 20.6 Å².